The van der Waals surface area contributed by atoms with Crippen LogP contribution in [0.1, 0.15) is 55.5 Å². The number of benzene rings is 3. The Balaban J connectivity index is 1.44. The lowest BCUT2D eigenvalue weighted by Crippen LogP contribution is -2.47. The average molecular weight is 506 g/mol. The van der Waals surface area contributed by atoms with Gasteiger partial charge in [-0.05, 0) is 55.0 Å². The fourth-order valence-corrected chi connectivity index (χ4v) is 4.76. The Bertz CT molecular complexity index is 1250. The third-order valence-electron chi connectivity index (χ3n) is 6.68. The fraction of sp³-hybridized carbons (Fsp3) is 0.345. The number of anilines is 1. The van der Waals surface area contributed by atoms with E-state index in [0.29, 0.717) is 36.6 Å². The number of halogens is 1. The highest BCUT2D eigenvalue weighted by Gasteiger charge is 2.30. The van der Waals surface area contributed by atoms with E-state index in [1.165, 1.54) is 0 Å². The first-order chi connectivity index (χ1) is 17.4. The van der Waals surface area contributed by atoms with E-state index in [4.69, 9.17) is 11.6 Å². The largest absolute Gasteiger partial charge is 0.354 e. The molecule has 6 nitrogen and oxygen atoms in total. The van der Waals surface area contributed by atoms with Crippen molar-refractivity contribution in [2.24, 2.45) is 0 Å². The lowest BCUT2D eigenvalue weighted by Gasteiger charge is -2.29. The van der Waals surface area contributed by atoms with Crippen molar-refractivity contribution in [2.45, 2.75) is 52.1 Å². The summed E-state index contributed by atoms with van der Waals surface area (Å²) < 4.78 is 0. The molecular formula is C29H32ClN3O3. The molecule has 0 bridgehead atoms. The standard InChI is InChI=1S/C29H32ClN3O3/c1-3-4-17-31-28(35)20(2)33(19-21-13-15-23(30)16-14-21)26(34)12-7-18-32-25-11-6-9-22-8-5-10-24(27(22)25)29(32)36/h5-6,8-11,13-16,20H,3-4,7,12,17-19H2,1-2H3,(H,31,35). The summed E-state index contributed by atoms with van der Waals surface area (Å²) in [6.07, 6.45) is 2.60. The van der Waals surface area contributed by atoms with E-state index >= 15 is 0 Å². The van der Waals surface area contributed by atoms with E-state index in [2.05, 4.69) is 12.2 Å². The second kappa shape index (κ2) is 11.6. The third-order valence-corrected chi connectivity index (χ3v) is 6.94. The minimum Gasteiger partial charge on any atom is -0.354 e. The number of unbranched alkanes of at least 4 members (excludes halogenated alkanes) is 1. The number of hydrogen-bond acceptors (Lipinski definition) is 3. The molecule has 0 saturated heterocycles. The van der Waals surface area contributed by atoms with Crippen molar-refractivity contribution in [1.29, 1.82) is 0 Å². The lowest BCUT2D eigenvalue weighted by molar-refractivity contribution is -0.140. The first-order valence-electron chi connectivity index (χ1n) is 12.6. The van der Waals surface area contributed by atoms with Crippen LogP contribution in [0.5, 0.6) is 0 Å². The van der Waals surface area contributed by atoms with Crippen LogP contribution < -0.4 is 10.2 Å². The van der Waals surface area contributed by atoms with Crippen LogP contribution >= 0.6 is 11.6 Å². The van der Waals surface area contributed by atoms with Crippen LogP contribution in [-0.4, -0.2) is 41.8 Å². The topological polar surface area (TPSA) is 69.7 Å². The Labute approximate surface area is 217 Å². The molecule has 4 rings (SSSR count). The highest BCUT2D eigenvalue weighted by molar-refractivity contribution is 6.30. The van der Waals surface area contributed by atoms with Gasteiger partial charge in [0.1, 0.15) is 6.04 Å². The maximum atomic E-state index is 13.4. The van der Waals surface area contributed by atoms with Crippen LogP contribution in [-0.2, 0) is 16.1 Å². The molecule has 1 N–H and O–H groups in total. The van der Waals surface area contributed by atoms with E-state index in [9.17, 15) is 14.4 Å². The van der Waals surface area contributed by atoms with Gasteiger partial charge in [0, 0.05) is 42.0 Å². The summed E-state index contributed by atoms with van der Waals surface area (Å²) in [5.74, 6) is -0.316. The van der Waals surface area contributed by atoms with Crippen molar-refractivity contribution in [1.82, 2.24) is 10.2 Å². The SMILES string of the molecule is CCCCNC(=O)C(C)N(Cc1ccc(Cl)cc1)C(=O)CCCN1C(=O)c2cccc3cccc1c23. The number of nitrogens with one attached hydrogen (secondary N) is 1. The minimum atomic E-state index is -0.614. The first-order valence-corrected chi connectivity index (χ1v) is 12.9. The molecule has 0 saturated carbocycles. The van der Waals surface area contributed by atoms with Crippen LogP contribution in [0.3, 0.4) is 0 Å². The number of carbonyl (C=O) groups excluding carboxylic acids is 3. The van der Waals surface area contributed by atoms with Gasteiger partial charge in [-0.3, -0.25) is 14.4 Å². The van der Waals surface area contributed by atoms with Gasteiger partial charge in [-0.15, -0.1) is 0 Å². The molecule has 0 radical (unpaired) electrons. The summed E-state index contributed by atoms with van der Waals surface area (Å²) in [7, 11) is 0. The van der Waals surface area contributed by atoms with Gasteiger partial charge in [0.05, 0.1) is 5.69 Å². The van der Waals surface area contributed by atoms with Crippen LogP contribution in [0.15, 0.2) is 60.7 Å². The number of nitrogens with zero attached hydrogens (tertiary/aromatic N) is 2. The summed E-state index contributed by atoms with van der Waals surface area (Å²) in [6.45, 7) is 5.16. The third kappa shape index (κ3) is 5.54. The molecule has 0 spiro atoms. The Morgan fingerprint density at radius 3 is 2.47 bits per heavy atom. The molecule has 1 unspecified atom stereocenters. The smallest absolute Gasteiger partial charge is 0.258 e. The lowest BCUT2D eigenvalue weighted by atomic mass is 10.1. The predicted molar refractivity (Wildman–Crippen MR) is 144 cm³/mol. The van der Waals surface area contributed by atoms with Crippen molar-refractivity contribution in [2.75, 3.05) is 18.0 Å². The zero-order valence-corrected chi connectivity index (χ0v) is 21.6. The maximum absolute atomic E-state index is 13.4. The highest BCUT2D eigenvalue weighted by atomic mass is 35.5. The van der Waals surface area contributed by atoms with Crippen LogP contribution in [0.25, 0.3) is 10.8 Å². The molecule has 3 amide bonds. The van der Waals surface area contributed by atoms with Gasteiger partial charge in [-0.1, -0.05) is 61.3 Å². The fourth-order valence-electron chi connectivity index (χ4n) is 4.64. The van der Waals surface area contributed by atoms with E-state index in [1.54, 1.807) is 28.9 Å². The number of amides is 3. The van der Waals surface area contributed by atoms with Crippen molar-refractivity contribution >= 4 is 45.8 Å². The molecule has 1 aliphatic rings. The monoisotopic (exact) mass is 505 g/mol. The second-order valence-corrected chi connectivity index (χ2v) is 9.65. The molecule has 3 aromatic rings. The van der Waals surface area contributed by atoms with Crippen LogP contribution in [0.2, 0.25) is 5.02 Å². The van der Waals surface area contributed by atoms with E-state index in [-0.39, 0.29) is 24.1 Å². The number of hydrogen-bond donors (Lipinski definition) is 1. The summed E-state index contributed by atoms with van der Waals surface area (Å²) in [4.78, 5) is 42.6. The zero-order valence-electron chi connectivity index (χ0n) is 20.8. The summed E-state index contributed by atoms with van der Waals surface area (Å²) >= 11 is 6.02. The molecule has 0 fully saturated rings. The summed E-state index contributed by atoms with van der Waals surface area (Å²) in [6, 6.07) is 18.3. The van der Waals surface area contributed by atoms with Crippen molar-refractivity contribution < 1.29 is 14.4 Å². The van der Waals surface area contributed by atoms with E-state index in [0.717, 1.165) is 34.9 Å². The molecular weight excluding hydrogens is 474 g/mol. The van der Waals surface area contributed by atoms with Gasteiger partial charge in [0.2, 0.25) is 11.8 Å². The molecule has 0 aromatic heterocycles. The molecule has 7 heteroatoms. The number of rotatable bonds is 11. The Morgan fingerprint density at radius 2 is 1.75 bits per heavy atom. The molecule has 0 aliphatic carbocycles. The molecule has 1 aliphatic heterocycles. The van der Waals surface area contributed by atoms with Crippen LogP contribution in [0.4, 0.5) is 5.69 Å². The normalized spacial score (nSPS) is 13.2. The van der Waals surface area contributed by atoms with E-state index in [1.807, 2.05) is 48.5 Å². The Kier molecular flexibility index (Phi) is 8.26. The average Bonchev–Trinajstić information content (AvgIpc) is 3.16. The summed E-state index contributed by atoms with van der Waals surface area (Å²) in [5, 5.41) is 5.56. The van der Waals surface area contributed by atoms with Gasteiger partial charge >= 0.3 is 0 Å². The van der Waals surface area contributed by atoms with Crippen LogP contribution in [0, 0.1) is 0 Å². The zero-order chi connectivity index (χ0) is 25.7. The van der Waals surface area contributed by atoms with Gasteiger partial charge in [0.15, 0.2) is 0 Å². The van der Waals surface area contributed by atoms with Crippen molar-refractivity contribution in [3.63, 3.8) is 0 Å². The molecule has 188 valence electrons. The number of carbonyl (C=O) groups is 3. The maximum Gasteiger partial charge on any atom is 0.258 e. The molecule has 1 atom stereocenters. The first kappa shape index (κ1) is 25.7. The molecule has 36 heavy (non-hydrogen) atoms. The van der Waals surface area contributed by atoms with Gasteiger partial charge in [-0.25, -0.2) is 0 Å². The molecule has 3 aromatic carbocycles. The van der Waals surface area contributed by atoms with Crippen molar-refractivity contribution in [3.8, 4) is 0 Å². The molecule has 1 heterocycles. The Morgan fingerprint density at radius 1 is 1.03 bits per heavy atom. The van der Waals surface area contributed by atoms with E-state index < -0.39 is 6.04 Å². The highest BCUT2D eigenvalue weighted by Crippen LogP contribution is 2.37. The minimum absolute atomic E-state index is 0.0315. The Hall–Kier alpha value is -3.38. The van der Waals surface area contributed by atoms with Gasteiger partial charge in [0.25, 0.3) is 5.91 Å². The van der Waals surface area contributed by atoms with Gasteiger partial charge in [-0.2, -0.15) is 0 Å². The predicted octanol–water partition coefficient (Wildman–Crippen LogP) is 5.57. The quantitative estimate of drug-likeness (QED) is 0.346. The summed E-state index contributed by atoms with van der Waals surface area (Å²) in [5.41, 5.74) is 2.50. The second-order valence-electron chi connectivity index (χ2n) is 9.21. The van der Waals surface area contributed by atoms with Crippen molar-refractivity contribution in [3.05, 3.63) is 76.8 Å². The van der Waals surface area contributed by atoms with Gasteiger partial charge < -0.3 is 15.1 Å².